The lowest BCUT2D eigenvalue weighted by molar-refractivity contribution is 0.0617. The SMILES string of the molecule is COCCOCc1cccc(NCC2CCSC2)c1. The fraction of sp³-hybridized carbons (Fsp3) is 0.600. The van der Waals surface area contributed by atoms with E-state index in [0.29, 0.717) is 19.8 Å². The molecular weight excluding hydrogens is 258 g/mol. The number of benzene rings is 1. The second-order valence-corrected chi connectivity index (χ2v) is 6.01. The molecule has 0 bridgehead atoms. The largest absolute Gasteiger partial charge is 0.385 e. The van der Waals surface area contributed by atoms with E-state index < -0.39 is 0 Å². The number of ether oxygens (including phenoxy) is 2. The van der Waals surface area contributed by atoms with Gasteiger partial charge in [0.15, 0.2) is 0 Å². The van der Waals surface area contributed by atoms with Crippen molar-refractivity contribution in [3.63, 3.8) is 0 Å². The van der Waals surface area contributed by atoms with Crippen LogP contribution in [-0.2, 0) is 16.1 Å². The average molecular weight is 281 g/mol. The zero-order chi connectivity index (χ0) is 13.3. The molecule has 1 aromatic rings. The smallest absolute Gasteiger partial charge is 0.0718 e. The summed E-state index contributed by atoms with van der Waals surface area (Å²) < 4.78 is 10.5. The van der Waals surface area contributed by atoms with Crippen molar-refractivity contribution in [1.82, 2.24) is 0 Å². The van der Waals surface area contributed by atoms with Crippen molar-refractivity contribution in [3.8, 4) is 0 Å². The molecule has 0 radical (unpaired) electrons. The molecule has 2 rings (SSSR count). The van der Waals surface area contributed by atoms with Gasteiger partial charge >= 0.3 is 0 Å². The fourth-order valence-electron chi connectivity index (χ4n) is 2.11. The first-order chi connectivity index (χ1) is 9.38. The predicted octanol–water partition coefficient (Wildman–Crippen LogP) is 3.01. The second-order valence-electron chi connectivity index (χ2n) is 4.86. The molecule has 0 saturated carbocycles. The van der Waals surface area contributed by atoms with E-state index in [2.05, 4.69) is 41.3 Å². The molecule has 0 amide bonds. The van der Waals surface area contributed by atoms with Crippen molar-refractivity contribution in [2.45, 2.75) is 13.0 Å². The Morgan fingerprint density at radius 2 is 2.32 bits per heavy atom. The fourth-order valence-corrected chi connectivity index (χ4v) is 3.39. The molecule has 1 heterocycles. The highest BCUT2D eigenvalue weighted by atomic mass is 32.2. The maximum absolute atomic E-state index is 5.54. The molecule has 1 aromatic carbocycles. The van der Waals surface area contributed by atoms with E-state index in [4.69, 9.17) is 9.47 Å². The van der Waals surface area contributed by atoms with E-state index in [9.17, 15) is 0 Å². The first-order valence-corrected chi connectivity index (χ1v) is 8.01. The summed E-state index contributed by atoms with van der Waals surface area (Å²) in [6.45, 7) is 3.03. The Bertz CT molecular complexity index is 367. The molecule has 0 spiro atoms. The van der Waals surface area contributed by atoms with Crippen molar-refractivity contribution in [2.75, 3.05) is 43.7 Å². The molecule has 0 aromatic heterocycles. The minimum atomic E-state index is 0.646. The van der Waals surface area contributed by atoms with Crippen LogP contribution >= 0.6 is 11.8 Å². The average Bonchev–Trinajstić information content (AvgIpc) is 2.95. The Labute approximate surface area is 120 Å². The van der Waals surface area contributed by atoms with Gasteiger partial charge in [0.25, 0.3) is 0 Å². The van der Waals surface area contributed by atoms with Crippen molar-refractivity contribution >= 4 is 17.4 Å². The number of hydrogen-bond acceptors (Lipinski definition) is 4. The number of thioether (sulfide) groups is 1. The van der Waals surface area contributed by atoms with Crippen LogP contribution in [0.5, 0.6) is 0 Å². The topological polar surface area (TPSA) is 30.5 Å². The van der Waals surface area contributed by atoms with Crippen LogP contribution in [-0.4, -0.2) is 38.4 Å². The van der Waals surface area contributed by atoms with Crippen LogP contribution in [0.25, 0.3) is 0 Å². The Balaban J connectivity index is 1.74. The molecule has 3 nitrogen and oxygen atoms in total. The van der Waals surface area contributed by atoms with Crippen LogP contribution in [0, 0.1) is 5.92 Å². The maximum Gasteiger partial charge on any atom is 0.0718 e. The lowest BCUT2D eigenvalue weighted by atomic mass is 10.1. The molecular formula is C15H23NO2S. The van der Waals surface area contributed by atoms with Gasteiger partial charge in [0.1, 0.15) is 0 Å². The Morgan fingerprint density at radius 1 is 1.37 bits per heavy atom. The summed E-state index contributed by atoms with van der Waals surface area (Å²) in [5, 5.41) is 3.53. The summed E-state index contributed by atoms with van der Waals surface area (Å²) in [5.41, 5.74) is 2.41. The van der Waals surface area contributed by atoms with Gasteiger partial charge in [0, 0.05) is 19.3 Å². The van der Waals surface area contributed by atoms with Crippen LogP contribution in [0.4, 0.5) is 5.69 Å². The normalized spacial score (nSPS) is 18.7. The molecule has 1 saturated heterocycles. The quantitative estimate of drug-likeness (QED) is 0.742. The lowest BCUT2D eigenvalue weighted by Gasteiger charge is -2.12. The first kappa shape index (κ1) is 14.7. The highest BCUT2D eigenvalue weighted by Gasteiger charge is 2.14. The van der Waals surface area contributed by atoms with Crippen molar-refractivity contribution in [2.24, 2.45) is 5.92 Å². The second kappa shape index (κ2) is 8.46. The predicted molar refractivity (Wildman–Crippen MR) is 81.9 cm³/mol. The van der Waals surface area contributed by atoms with Crippen LogP contribution in [0.2, 0.25) is 0 Å². The molecule has 1 aliphatic rings. The third kappa shape index (κ3) is 5.43. The van der Waals surface area contributed by atoms with Crippen LogP contribution in [0.15, 0.2) is 24.3 Å². The highest BCUT2D eigenvalue weighted by molar-refractivity contribution is 7.99. The Hall–Kier alpha value is -0.710. The first-order valence-electron chi connectivity index (χ1n) is 6.85. The third-order valence-corrected chi connectivity index (χ3v) is 4.48. The minimum Gasteiger partial charge on any atom is -0.385 e. The van der Waals surface area contributed by atoms with Gasteiger partial charge in [0.2, 0.25) is 0 Å². The molecule has 1 fully saturated rings. The van der Waals surface area contributed by atoms with Gasteiger partial charge in [0.05, 0.1) is 19.8 Å². The number of nitrogens with one attached hydrogen (secondary N) is 1. The lowest BCUT2D eigenvalue weighted by Crippen LogP contribution is -2.13. The highest BCUT2D eigenvalue weighted by Crippen LogP contribution is 2.23. The van der Waals surface area contributed by atoms with E-state index in [1.54, 1.807) is 7.11 Å². The van der Waals surface area contributed by atoms with Crippen molar-refractivity contribution in [1.29, 1.82) is 0 Å². The number of methoxy groups -OCH3 is 1. The van der Waals surface area contributed by atoms with Crippen molar-refractivity contribution in [3.05, 3.63) is 29.8 Å². The standard InChI is InChI=1S/C15H23NO2S/c1-17-6-7-18-11-13-3-2-4-15(9-13)16-10-14-5-8-19-12-14/h2-4,9,14,16H,5-8,10-12H2,1H3. The molecule has 1 atom stereocenters. The molecule has 4 heteroatoms. The van der Waals surface area contributed by atoms with Gasteiger partial charge in [-0.25, -0.2) is 0 Å². The molecule has 19 heavy (non-hydrogen) atoms. The van der Waals surface area contributed by atoms with E-state index in [1.165, 1.54) is 29.2 Å². The van der Waals surface area contributed by atoms with Crippen LogP contribution in [0.1, 0.15) is 12.0 Å². The minimum absolute atomic E-state index is 0.646. The Morgan fingerprint density at radius 3 is 3.11 bits per heavy atom. The number of rotatable bonds is 8. The van der Waals surface area contributed by atoms with Gasteiger partial charge in [-0.05, 0) is 41.5 Å². The zero-order valence-electron chi connectivity index (χ0n) is 11.6. The van der Waals surface area contributed by atoms with Crippen LogP contribution < -0.4 is 5.32 Å². The molecule has 106 valence electrons. The third-order valence-electron chi connectivity index (χ3n) is 3.25. The summed E-state index contributed by atoms with van der Waals surface area (Å²) in [6.07, 6.45) is 1.34. The van der Waals surface area contributed by atoms with Gasteiger partial charge < -0.3 is 14.8 Å². The van der Waals surface area contributed by atoms with E-state index in [0.717, 1.165) is 12.5 Å². The summed E-state index contributed by atoms with van der Waals surface area (Å²) in [5.74, 6) is 3.44. The molecule has 1 unspecified atom stereocenters. The number of anilines is 1. The van der Waals surface area contributed by atoms with E-state index >= 15 is 0 Å². The number of hydrogen-bond donors (Lipinski definition) is 1. The van der Waals surface area contributed by atoms with Gasteiger partial charge in [-0.3, -0.25) is 0 Å². The molecule has 1 N–H and O–H groups in total. The summed E-state index contributed by atoms with van der Waals surface area (Å²) in [7, 11) is 1.69. The molecule has 1 aliphatic heterocycles. The van der Waals surface area contributed by atoms with E-state index in [-0.39, 0.29) is 0 Å². The van der Waals surface area contributed by atoms with Crippen molar-refractivity contribution < 1.29 is 9.47 Å². The summed E-state index contributed by atoms with van der Waals surface area (Å²) >= 11 is 2.06. The molecule has 0 aliphatic carbocycles. The summed E-state index contributed by atoms with van der Waals surface area (Å²) in [6, 6.07) is 8.49. The monoisotopic (exact) mass is 281 g/mol. The summed E-state index contributed by atoms with van der Waals surface area (Å²) in [4.78, 5) is 0. The van der Waals surface area contributed by atoms with E-state index in [1.807, 2.05) is 0 Å². The van der Waals surface area contributed by atoms with Crippen LogP contribution in [0.3, 0.4) is 0 Å². The Kier molecular flexibility index (Phi) is 6.54. The van der Waals surface area contributed by atoms with Gasteiger partial charge in [-0.2, -0.15) is 11.8 Å². The zero-order valence-corrected chi connectivity index (χ0v) is 12.4. The van der Waals surface area contributed by atoms with Gasteiger partial charge in [-0.15, -0.1) is 0 Å². The maximum atomic E-state index is 5.54. The van der Waals surface area contributed by atoms with Gasteiger partial charge in [-0.1, -0.05) is 12.1 Å².